The molecule has 6 heteroatoms. The fourth-order valence-corrected chi connectivity index (χ4v) is 5.40. The number of nitrogens with one attached hydrogen (secondary N) is 1. The highest BCUT2D eigenvalue weighted by Gasteiger charge is 2.39. The van der Waals surface area contributed by atoms with Crippen LogP contribution in [0.1, 0.15) is 41.6 Å². The summed E-state index contributed by atoms with van der Waals surface area (Å²) in [6.07, 6.45) is 2.99. The van der Waals surface area contributed by atoms with Gasteiger partial charge in [-0.1, -0.05) is 55.5 Å². The van der Waals surface area contributed by atoms with E-state index in [4.69, 9.17) is 9.72 Å². The van der Waals surface area contributed by atoms with Crippen molar-refractivity contribution < 1.29 is 9.53 Å². The highest BCUT2D eigenvalue weighted by Crippen LogP contribution is 2.38. The number of likely N-dealkylation sites (tertiary alicyclic amines) is 1. The summed E-state index contributed by atoms with van der Waals surface area (Å²) in [4.78, 5) is 20.3. The first-order chi connectivity index (χ1) is 16.2. The van der Waals surface area contributed by atoms with Crippen LogP contribution >= 0.6 is 11.3 Å². The minimum Gasteiger partial charge on any atom is -0.380 e. The lowest BCUT2D eigenvalue weighted by Gasteiger charge is -2.40. The van der Waals surface area contributed by atoms with Crippen molar-refractivity contribution in [3.05, 3.63) is 76.6 Å². The van der Waals surface area contributed by atoms with Gasteiger partial charge in [-0.3, -0.25) is 4.79 Å². The molecule has 5 nitrogen and oxygen atoms in total. The highest BCUT2D eigenvalue weighted by molar-refractivity contribution is 7.10. The molecular weight excluding hydrogens is 430 g/mol. The minimum absolute atomic E-state index is 0.0230. The molecule has 1 fully saturated rings. The molecule has 174 valence electrons. The van der Waals surface area contributed by atoms with E-state index in [0.29, 0.717) is 12.1 Å². The predicted molar refractivity (Wildman–Crippen MR) is 135 cm³/mol. The summed E-state index contributed by atoms with van der Waals surface area (Å²) >= 11 is 1.72. The number of hydrogen-bond donors (Lipinski definition) is 1. The molecule has 1 aromatic heterocycles. The number of carbonyl (C=O) groups is 1. The second kappa shape index (κ2) is 11.5. The first-order valence-electron chi connectivity index (χ1n) is 11.8. The van der Waals surface area contributed by atoms with E-state index in [1.54, 1.807) is 11.3 Å². The molecule has 0 saturated carbocycles. The summed E-state index contributed by atoms with van der Waals surface area (Å²) in [6, 6.07) is 19.8. The molecule has 1 aliphatic rings. The van der Waals surface area contributed by atoms with Crippen molar-refractivity contribution in [1.29, 1.82) is 0 Å². The second-order valence-corrected chi connectivity index (χ2v) is 9.55. The Balaban J connectivity index is 1.48. The van der Waals surface area contributed by atoms with Crippen LogP contribution < -0.4 is 5.32 Å². The minimum atomic E-state index is -0.150. The van der Waals surface area contributed by atoms with Crippen molar-refractivity contribution in [3.8, 4) is 11.3 Å². The Morgan fingerprint density at radius 3 is 2.45 bits per heavy atom. The molecule has 2 aromatic carbocycles. The molecule has 1 saturated heterocycles. The molecular formula is C27H33N3O2S. The molecule has 0 aliphatic carbocycles. The topological polar surface area (TPSA) is 54.5 Å². The SMILES string of the molecule is CCCOCCN1CCC(CNC(=O)c2ccccc2)(c2nc(-c3ccccc3)cs2)CC1. The van der Waals surface area contributed by atoms with E-state index in [0.717, 1.165) is 68.4 Å². The van der Waals surface area contributed by atoms with E-state index < -0.39 is 0 Å². The number of ether oxygens (including phenoxy) is 1. The number of hydrogen-bond acceptors (Lipinski definition) is 5. The molecule has 3 aromatic rings. The lowest BCUT2D eigenvalue weighted by Crippen LogP contribution is -2.49. The number of amides is 1. The van der Waals surface area contributed by atoms with Crippen molar-refractivity contribution in [3.63, 3.8) is 0 Å². The molecule has 2 heterocycles. The van der Waals surface area contributed by atoms with Crippen LogP contribution in [0.25, 0.3) is 11.3 Å². The zero-order chi connectivity index (χ0) is 22.9. The van der Waals surface area contributed by atoms with Crippen molar-refractivity contribution in [2.24, 2.45) is 0 Å². The number of nitrogens with zero attached hydrogens (tertiary/aromatic N) is 2. The summed E-state index contributed by atoms with van der Waals surface area (Å²) in [6.45, 7) is 7.26. The highest BCUT2D eigenvalue weighted by atomic mass is 32.1. The number of aromatic nitrogens is 1. The van der Waals surface area contributed by atoms with E-state index in [-0.39, 0.29) is 11.3 Å². The van der Waals surface area contributed by atoms with Crippen molar-refractivity contribution in [2.45, 2.75) is 31.6 Å². The molecule has 0 unspecified atom stereocenters. The third kappa shape index (κ3) is 6.08. The fourth-order valence-electron chi connectivity index (χ4n) is 4.31. The smallest absolute Gasteiger partial charge is 0.251 e. The zero-order valence-corrected chi connectivity index (χ0v) is 20.2. The van der Waals surface area contributed by atoms with Gasteiger partial charge in [-0.25, -0.2) is 4.98 Å². The number of benzene rings is 2. The number of rotatable bonds is 10. The van der Waals surface area contributed by atoms with E-state index in [2.05, 4.69) is 34.7 Å². The van der Waals surface area contributed by atoms with Crippen LogP contribution in [0.4, 0.5) is 0 Å². The van der Waals surface area contributed by atoms with Crippen molar-refractivity contribution >= 4 is 17.2 Å². The van der Waals surface area contributed by atoms with Gasteiger partial charge in [0.25, 0.3) is 5.91 Å². The molecule has 1 N–H and O–H groups in total. The lowest BCUT2D eigenvalue weighted by molar-refractivity contribution is 0.0794. The van der Waals surface area contributed by atoms with Gasteiger partial charge in [0.05, 0.1) is 12.3 Å². The van der Waals surface area contributed by atoms with Crippen LogP contribution in [-0.4, -0.2) is 55.2 Å². The molecule has 33 heavy (non-hydrogen) atoms. The largest absolute Gasteiger partial charge is 0.380 e. The van der Waals surface area contributed by atoms with Crippen molar-refractivity contribution in [2.75, 3.05) is 39.4 Å². The number of carbonyl (C=O) groups excluding carboxylic acids is 1. The van der Waals surface area contributed by atoms with Gasteiger partial charge >= 0.3 is 0 Å². The predicted octanol–water partition coefficient (Wildman–Crippen LogP) is 5.00. The van der Waals surface area contributed by atoms with Crippen molar-refractivity contribution in [1.82, 2.24) is 15.2 Å². The third-order valence-electron chi connectivity index (χ3n) is 6.36. The standard InChI is InChI=1S/C27H33N3O2S/c1-2-18-32-19-17-30-15-13-27(14-16-30,21-28-25(31)23-11-7-4-8-12-23)26-29-24(20-33-26)22-9-5-3-6-10-22/h3-12,20H,2,13-19,21H2,1H3,(H,28,31). The molecule has 0 atom stereocenters. The van der Waals surface area contributed by atoms with Gasteiger partial charge in [0.1, 0.15) is 5.01 Å². The maximum atomic E-state index is 12.8. The zero-order valence-electron chi connectivity index (χ0n) is 19.3. The van der Waals surface area contributed by atoms with Gasteiger partial charge in [0, 0.05) is 41.6 Å². The van der Waals surface area contributed by atoms with Gasteiger partial charge in [-0.15, -0.1) is 11.3 Å². The van der Waals surface area contributed by atoms with Crippen LogP contribution in [-0.2, 0) is 10.2 Å². The van der Waals surface area contributed by atoms with E-state index in [1.165, 1.54) is 0 Å². The normalized spacial score (nSPS) is 15.9. The summed E-state index contributed by atoms with van der Waals surface area (Å²) in [5.41, 5.74) is 2.69. The Bertz CT molecular complexity index is 998. The Morgan fingerprint density at radius 1 is 1.06 bits per heavy atom. The Labute approximate surface area is 200 Å². The molecule has 1 aliphatic heterocycles. The molecule has 0 bridgehead atoms. The third-order valence-corrected chi connectivity index (χ3v) is 7.45. The quantitative estimate of drug-likeness (QED) is 0.430. The summed E-state index contributed by atoms with van der Waals surface area (Å²) in [5, 5.41) is 6.49. The van der Waals surface area contributed by atoms with Crippen LogP contribution in [0.2, 0.25) is 0 Å². The van der Waals surface area contributed by atoms with Gasteiger partial charge in [0.15, 0.2) is 0 Å². The summed E-state index contributed by atoms with van der Waals surface area (Å²) in [5.74, 6) is -0.0230. The van der Waals surface area contributed by atoms with Gasteiger partial charge in [-0.05, 0) is 44.5 Å². The maximum absolute atomic E-state index is 12.8. The van der Waals surface area contributed by atoms with E-state index in [1.807, 2.05) is 48.5 Å². The molecule has 1 amide bonds. The van der Waals surface area contributed by atoms with Gasteiger partial charge < -0.3 is 15.0 Å². The van der Waals surface area contributed by atoms with Crippen LogP contribution in [0.5, 0.6) is 0 Å². The number of piperidine rings is 1. The van der Waals surface area contributed by atoms with Crippen LogP contribution in [0, 0.1) is 0 Å². The summed E-state index contributed by atoms with van der Waals surface area (Å²) in [7, 11) is 0. The Kier molecular flexibility index (Phi) is 8.26. The molecule has 0 radical (unpaired) electrons. The van der Waals surface area contributed by atoms with E-state index in [9.17, 15) is 4.79 Å². The average Bonchev–Trinajstić information content (AvgIpc) is 3.38. The molecule has 0 spiro atoms. The monoisotopic (exact) mass is 463 g/mol. The molecule has 4 rings (SSSR count). The fraction of sp³-hybridized carbons (Fsp3) is 0.407. The lowest BCUT2D eigenvalue weighted by atomic mass is 9.78. The van der Waals surface area contributed by atoms with Gasteiger partial charge in [-0.2, -0.15) is 0 Å². The maximum Gasteiger partial charge on any atom is 0.251 e. The van der Waals surface area contributed by atoms with Crippen LogP contribution in [0.15, 0.2) is 66.0 Å². The first-order valence-corrected chi connectivity index (χ1v) is 12.7. The average molecular weight is 464 g/mol. The second-order valence-electron chi connectivity index (χ2n) is 8.69. The Hall–Kier alpha value is -2.54. The van der Waals surface area contributed by atoms with E-state index >= 15 is 0 Å². The van der Waals surface area contributed by atoms with Crippen LogP contribution in [0.3, 0.4) is 0 Å². The number of thiazole rings is 1. The van der Waals surface area contributed by atoms with Gasteiger partial charge in [0.2, 0.25) is 0 Å². The Morgan fingerprint density at radius 2 is 1.76 bits per heavy atom. The first kappa shape index (κ1) is 23.6. The summed E-state index contributed by atoms with van der Waals surface area (Å²) < 4.78 is 5.69.